The predicted molar refractivity (Wildman–Crippen MR) is 141 cm³/mol. The summed E-state index contributed by atoms with van der Waals surface area (Å²) in [6.45, 7) is 0.168. The van der Waals surface area contributed by atoms with Crippen molar-refractivity contribution in [2.45, 2.75) is 31.0 Å². The maximum atomic E-state index is 14.2. The van der Waals surface area contributed by atoms with Crippen LogP contribution in [0.4, 0.5) is 0 Å². The minimum absolute atomic E-state index is 0.0909. The minimum Gasteiger partial charge on any atom is -0.454 e. The molecule has 188 valence electrons. The van der Waals surface area contributed by atoms with Gasteiger partial charge in [0.25, 0.3) is 0 Å². The van der Waals surface area contributed by atoms with E-state index in [1.54, 1.807) is 4.90 Å². The molecule has 3 N–H and O–H groups in total. The largest absolute Gasteiger partial charge is 0.454 e. The van der Waals surface area contributed by atoms with Crippen molar-refractivity contribution in [2.24, 2.45) is 0 Å². The zero-order valence-corrected chi connectivity index (χ0v) is 20.4. The van der Waals surface area contributed by atoms with Gasteiger partial charge in [0.15, 0.2) is 11.5 Å². The van der Waals surface area contributed by atoms with E-state index < -0.39 is 18.1 Å². The number of carbonyl (C=O) groups excluding carboxylic acids is 2. The third-order valence-electron chi connectivity index (χ3n) is 8.11. The molecule has 3 aromatic carbocycles. The van der Waals surface area contributed by atoms with Gasteiger partial charge in [-0.25, -0.2) is 0 Å². The molecule has 0 saturated carbocycles. The number of hydrogen-bond acceptors (Lipinski definition) is 4. The zero-order valence-electron chi connectivity index (χ0n) is 20.4. The molecule has 5 aromatic rings. The van der Waals surface area contributed by atoms with Gasteiger partial charge < -0.3 is 29.7 Å². The van der Waals surface area contributed by atoms with Gasteiger partial charge in [0.1, 0.15) is 12.1 Å². The highest BCUT2D eigenvalue weighted by atomic mass is 16.7. The SMILES string of the molecule is O=C1N[C@@H](Cc2c[nH]c3ccccc23)C(=O)N2[C@H](c3ccc4c(c3)OCO4)c3[nH]c4ccccc4c3C[C@H]12. The summed E-state index contributed by atoms with van der Waals surface area (Å²) in [4.78, 5) is 36.5. The Balaban J connectivity index is 1.26. The first-order valence-electron chi connectivity index (χ1n) is 12.8. The lowest BCUT2D eigenvalue weighted by atomic mass is 9.85. The van der Waals surface area contributed by atoms with E-state index in [0.29, 0.717) is 24.3 Å². The second-order valence-corrected chi connectivity index (χ2v) is 10.2. The lowest BCUT2D eigenvalue weighted by molar-refractivity contribution is -0.152. The molecular weight excluding hydrogens is 480 g/mol. The fourth-order valence-electron chi connectivity index (χ4n) is 6.36. The zero-order chi connectivity index (χ0) is 25.4. The van der Waals surface area contributed by atoms with Gasteiger partial charge in [0, 0.05) is 46.5 Å². The maximum Gasteiger partial charge on any atom is 0.247 e. The summed E-state index contributed by atoms with van der Waals surface area (Å²) in [6, 6.07) is 20.1. The molecule has 8 heteroatoms. The minimum atomic E-state index is -0.666. The number of rotatable bonds is 3. The molecule has 0 spiro atoms. The normalized spacial score (nSPS) is 22.0. The molecule has 2 amide bonds. The molecule has 8 nitrogen and oxygen atoms in total. The Morgan fingerprint density at radius 1 is 0.895 bits per heavy atom. The molecular formula is C30H24N4O4. The molecule has 1 fully saturated rings. The number of amides is 2. The Morgan fingerprint density at radius 2 is 1.68 bits per heavy atom. The third kappa shape index (κ3) is 3.03. The summed E-state index contributed by atoms with van der Waals surface area (Å²) < 4.78 is 11.2. The number of carbonyl (C=O) groups is 2. The molecule has 0 bridgehead atoms. The third-order valence-corrected chi connectivity index (χ3v) is 8.11. The maximum absolute atomic E-state index is 14.2. The van der Waals surface area contributed by atoms with E-state index in [4.69, 9.17) is 9.47 Å². The Bertz CT molecular complexity index is 1770. The number of piperazine rings is 1. The molecule has 0 aliphatic carbocycles. The molecule has 3 atom stereocenters. The van der Waals surface area contributed by atoms with Crippen LogP contribution in [0.15, 0.2) is 72.9 Å². The van der Waals surface area contributed by atoms with E-state index in [1.807, 2.05) is 66.9 Å². The summed E-state index contributed by atoms with van der Waals surface area (Å²) in [5.74, 6) is 1.10. The molecule has 8 rings (SSSR count). The second kappa shape index (κ2) is 7.89. The molecule has 3 aliphatic heterocycles. The van der Waals surface area contributed by atoms with Crippen LogP contribution in [0.3, 0.4) is 0 Å². The Labute approximate surface area is 217 Å². The van der Waals surface area contributed by atoms with Crippen molar-refractivity contribution in [2.75, 3.05) is 6.79 Å². The number of nitrogens with zero attached hydrogens (tertiary/aromatic N) is 1. The highest BCUT2D eigenvalue weighted by molar-refractivity contribution is 6.00. The van der Waals surface area contributed by atoms with Crippen molar-refractivity contribution in [1.29, 1.82) is 0 Å². The van der Waals surface area contributed by atoms with E-state index in [0.717, 1.165) is 44.2 Å². The molecule has 3 aliphatic rings. The van der Waals surface area contributed by atoms with Crippen molar-refractivity contribution in [3.63, 3.8) is 0 Å². The molecule has 2 aromatic heterocycles. The van der Waals surface area contributed by atoms with Crippen LogP contribution in [0.2, 0.25) is 0 Å². The summed E-state index contributed by atoms with van der Waals surface area (Å²) in [5, 5.41) is 5.19. The number of fused-ring (bicyclic) bond motifs is 6. The van der Waals surface area contributed by atoms with Crippen molar-refractivity contribution < 1.29 is 19.1 Å². The van der Waals surface area contributed by atoms with E-state index in [2.05, 4.69) is 21.4 Å². The van der Waals surface area contributed by atoms with E-state index in [9.17, 15) is 9.59 Å². The molecule has 1 saturated heterocycles. The number of ether oxygens (including phenoxy) is 2. The number of H-pyrrole nitrogens is 2. The summed E-state index contributed by atoms with van der Waals surface area (Å²) in [5.41, 5.74) is 5.89. The lowest BCUT2D eigenvalue weighted by Gasteiger charge is -2.46. The smallest absolute Gasteiger partial charge is 0.247 e. The predicted octanol–water partition coefficient (Wildman–Crippen LogP) is 3.96. The van der Waals surface area contributed by atoms with Crippen LogP contribution < -0.4 is 14.8 Å². The van der Waals surface area contributed by atoms with Gasteiger partial charge in [0.2, 0.25) is 18.6 Å². The van der Waals surface area contributed by atoms with Crippen LogP contribution in [0, 0.1) is 0 Å². The van der Waals surface area contributed by atoms with E-state index in [-0.39, 0.29) is 18.6 Å². The first-order chi connectivity index (χ1) is 18.7. The Morgan fingerprint density at radius 3 is 2.58 bits per heavy atom. The number of aromatic nitrogens is 2. The van der Waals surface area contributed by atoms with Gasteiger partial charge in [-0.1, -0.05) is 42.5 Å². The average Bonchev–Trinajstić information content (AvgIpc) is 3.67. The first-order valence-corrected chi connectivity index (χ1v) is 12.8. The average molecular weight is 505 g/mol. The summed E-state index contributed by atoms with van der Waals surface area (Å²) >= 11 is 0. The summed E-state index contributed by atoms with van der Waals surface area (Å²) in [6.07, 6.45) is 2.79. The van der Waals surface area contributed by atoms with Gasteiger partial charge in [-0.15, -0.1) is 0 Å². The monoisotopic (exact) mass is 504 g/mol. The Hall–Kier alpha value is -4.72. The number of para-hydroxylation sites is 2. The van der Waals surface area contributed by atoms with Crippen LogP contribution in [-0.2, 0) is 22.4 Å². The van der Waals surface area contributed by atoms with Crippen LogP contribution in [0.5, 0.6) is 11.5 Å². The van der Waals surface area contributed by atoms with E-state index >= 15 is 0 Å². The standard InChI is InChI=1S/C30H24N4O4/c35-29-24-13-20-19-6-2-4-8-22(19)32-27(20)28(16-9-10-25-26(12-16)38-15-37-25)34(24)30(36)23(33-29)11-17-14-31-21-7-3-1-5-18(17)21/h1-10,12,14,23-24,28,31-32H,11,13,15H2,(H,33,35)/t23-,24+,28+/m0/s1. The molecule has 0 radical (unpaired) electrons. The summed E-state index contributed by atoms with van der Waals surface area (Å²) in [7, 11) is 0. The lowest BCUT2D eigenvalue weighted by Crippen LogP contribution is -2.66. The van der Waals surface area contributed by atoms with Crippen LogP contribution in [0.25, 0.3) is 21.8 Å². The van der Waals surface area contributed by atoms with Gasteiger partial charge in [-0.3, -0.25) is 9.59 Å². The van der Waals surface area contributed by atoms with Gasteiger partial charge >= 0.3 is 0 Å². The first kappa shape index (κ1) is 21.4. The number of hydrogen-bond donors (Lipinski definition) is 3. The van der Waals surface area contributed by atoms with Crippen molar-refractivity contribution in [1.82, 2.24) is 20.2 Å². The number of nitrogens with one attached hydrogen (secondary N) is 3. The highest BCUT2D eigenvalue weighted by Gasteiger charge is 2.49. The van der Waals surface area contributed by atoms with Crippen LogP contribution in [0.1, 0.15) is 28.4 Å². The van der Waals surface area contributed by atoms with Crippen molar-refractivity contribution >= 4 is 33.6 Å². The highest BCUT2D eigenvalue weighted by Crippen LogP contribution is 2.44. The van der Waals surface area contributed by atoms with Crippen LogP contribution >= 0.6 is 0 Å². The van der Waals surface area contributed by atoms with Crippen molar-refractivity contribution in [3.05, 3.63) is 95.3 Å². The fraction of sp³-hybridized carbons (Fsp3) is 0.200. The number of aromatic amines is 2. The second-order valence-electron chi connectivity index (χ2n) is 10.2. The van der Waals surface area contributed by atoms with Crippen LogP contribution in [-0.4, -0.2) is 45.6 Å². The fourth-order valence-corrected chi connectivity index (χ4v) is 6.36. The molecule has 38 heavy (non-hydrogen) atoms. The quantitative estimate of drug-likeness (QED) is 0.346. The van der Waals surface area contributed by atoms with Crippen molar-refractivity contribution in [3.8, 4) is 11.5 Å². The Kier molecular flexibility index (Phi) is 4.44. The van der Waals surface area contributed by atoms with Gasteiger partial charge in [0.05, 0.1) is 6.04 Å². The van der Waals surface area contributed by atoms with E-state index in [1.165, 1.54) is 0 Å². The topological polar surface area (TPSA) is 99.5 Å². The van der Waals surface area contributed by atoms with Gasteiger partial charge in [-0.05, 0) is 41.0 Å². The van der Waals surface area contributed by atoms with Gasteiger partial charge in [-0.2, -0.15) is 0 Å². The molecule has 5 heterocycles. The molecule has 0 unspecified atom stereocenters. The number of benzene rings is 3.